The van der Waals surface area contributed by atoms with Gasteiger partial charge in [-0.15, -0.1) is 0 Å². The van der Waals surface area contributed by atoms with Crippen molar-refractivity contribution in [3.63, 3.8) is 0 Å². The Morgan fingerprint density at radius 2 is 1.88 bits per heavy atom. The summed E-state index contributed by atoms with van der Waals surface area (Å²) in [5.41, 5.74) is 0.939. The van der Waals surface area contributed by atoms with E-state index in [2.05, 4.69) is 6.92 Å². The van der Waals surface area contributed by atoms with Crippen LogP contribution in [0.25, 0.3) is 0 Å². The number of hydrogen-bond acceptors (Lipinski definition) is 3. The van der Waals surface area contributed by atoms with Crippen LogP contribution < -0.4 is 9.47 Å². The van der Waals surface area contributed by atoms with Gasteiger partial charge in [0.2, 0.25) is 0 Å². The summed E-state index contributed by atoms with van der Waals surface area (Å²) in [5, 5.41) is 10.3. The predicted octanol–water partition coefficient (Wildman–Crippen LogP) is 2.54. The van der Waals surface area contributed by atoms with Crippen molar-refractivity contribution in [2.24, 2.45) is 11.8 Å². The van der Waals surface area contributed by atoms with Crippen LogP contribution in [-0.4, -0.2) is 18.3 Å². The summed E-state index contributed by atoms with van der Waals surface area (Å²) in [6, 6.07) is 5.75. The molecule has 1 aromatic rings. The quantitative estimate of drug-likeness (QED) is 0.873. The van der Waals surface area contributed by atoms with Gasteiger partial charge < -0.3 is 14.6 Å². The van der Waals surface area contributed by atoms with E-state index in [-0.39, 0.29) is 0 Å². The normalized spacial score (nSPS) is 22.0. The highest BCUT2D eigenvalue weighted by molar-refractivity contribution is 5.44. The summed E-state index contributed by atoms with van der Waals surface area (Å²) in [7, 11) is 0. The van der Waals surface area contributed by atoms with Gasteiger partial charge in [0.15, 0.2) is 11.5 Å². The zero-order valence-corrected chi connectivity index (χ0v) is 10.1. The average molecular weight is 234 g/mol. The molecule has 0 amide bonds. The molecule has 0 radical (unpaired) electrons. The third-order valence-corrected chi connectivity index (χ3v) is 3.77. The highest BCUT2D eigenvalue weighted by Gasteiger charge is 2.33. The Kier molecular flexibility index (Phi) is 2.71. The molecule has 3 heteroatoms. The fraction of sp³-hybridized carbons (Fsp3) is 0.571. The molecule has 1 aliphatic carbocycles. The summed E-state index contributed by atoms with van der Waals surface area (Å²) < 4.78 is 11.0. The molecule has 1 saturated carbocycles. The van der Waals surface area contributed by atoms with Gasteiger partial charge in [0.25, 0.3) is 0 Å². The highest BCUT2D eigenvalue weighted by atomic mass is 16.6. The van der Waals surface area contributed by atoms with Crippen LogP contribution in [-0.2, 0) is 0 Å². The molecule has 0 saturated heterocycles. The maximum absolute atomic E-state index is 10.3. The Balaban J connectivity index is 1.82. The summed E-state index contributed by atoms with van der Waals surface area (Å²) in [6.07, 6.45) is 2.12. The van der Waals surface area contributed by atoms with Crippen molar-refractivity contribution in [2.45, 2.75) is 25.9 Å². The molecule has 1 aliphatic heterocycles. The monoisotopic (exact) mass is 234 g/mol. The van der Waals surface area contributed by atoms with E-state index in [1.807, 2.05) is 18.2 Å². The van der Waals surface area contributed by atoms with E-state index in [0.29, 0.717) is 25.0 Å². The first kappa shape index (κ1) is 10.9. The van der Waals surface area contributed by atoms with Gasteiger partial charge in [0, 0.05) is 0 Å². The topological polar surface area (TPSA) is 38.7 Å². The molecule has 2 unspecified atom stereocenters. The van der Waals surface area contributed by atoms with E-state index in [0.717, 1.165) is 17.1 Å². The van der Waals surface area contributed by atoms with Crippen LogP contribution in [0, 0.1) is 11.8 Å². The second kappa shape index (κ2) is 4.22. The number of hydrogen-bond donors (Lipinski definition) is 1. The summed E-state index contributed by atoms with van der Waals surface area (Å²) in [6.45, 7) is 3.32. The molecule has 1 fully saturated rings. The number of fused-ring (bicyclic) bond motifs is 1. The first-order chi connectivity index (χ1) is 8.25. The molecule has 92 valence electrons. The minimum absolute atomic E-state index is 0.331. The molecule has 3 rings (SSSR count). The Labute approximate surface area is 101 Å². The third-order valence-electron chi connectivity index (χ3n) is 3.77. The van der Waals surface area contributed by atoms with Crippen LogP contribution in [0.2, 0.25) is 0 Å². The van der Waals surface area contributed by atoms with Crippen LogP contribution in [0.3, 0.4) is 0 Å². The van der Waals surface area contributed by atoms with Gasteiger partial charge in [-0.1, -0.05) is 13.0 Å². The second-order valence-electron chi connectivity index (χ2n) is 5.04. The molecule has 0 spiro atoms. The fourth-order valence-corrected chi connectivity index (χ4v) is 2.43. The maximum atomic E-state index is 10.3. The van der Waals surface area contributed by atoms with Crippen LogP contribution in [0.1, 0.15) is 31.4 Å². The minimum Gasteiger partial charge on any atom is -0.486 e. The Bertz CT molecular complexity index is 412. The van der Waals surface area contributed by atoms with Crippen molar-refractivity contribution in [1.82, 2.24) is 0 Å². The number of benzene rings is 1. The number of rotatable bonds is 3. The molecule has 3 nitrogen and oxygen atoms in total. The third kappa shape index (κ3) is 2.12. The zero-order chi connectivity index (χ0) is 11.8. The molecule has 0 aromatic heterocycles. The summed E-state index contributed by atoms with van der Waals surface area (Å²) >= 11 is 0. The lowest BCUT2D eigenvalue weighted by atomic mass is 9.93. The van der Waals surface area contributed by atoms with E-state index in [9.17, 15) is 5.11 Å². The van der Waals surface area contributed by atoms with Gasteiger partial charge >= 0.3 is 0 Å². The van der Waals surface area contributed by atoms with Gasteiger partial charge in [-0.25, -0.2) is 0 Å². The molecular weight excluding hydrogens is 216 g/mol. The van der Waals surface area contributed by atoms with E-state index in [1.54, 1.807) is 0 Å². The van der Waals surface area contributed by atoms with Crippen molar-refractivity contribution in [3.05, 3.63) is 23.8 Å². The SMILES string of the molecule is CC(C1CC1)C(O)c1ccc2c(c1)OCCO2. The van der Waals surface area contributed by atoms with Crippen LogP contribution in [0.5, 0.6) is 11.5 Å². The van der Waals surface area contributed by atoms with E-state index >= 15 is 0 Å². The van der Waals surface area contributed by atoms with Crippen LogP contribution >= 0.6 is 0 Å². The Morgan fingerprint density at radius 3 is 2.59 bits per heavy atom. The number of ether oxygens (including phenoxy) is 2. The minimum atomic E-state index is -0.390. The van der Waals surface area contributed by atoms with Crippen molar-refractivity contribution in [2.75, 3.05) is 13.2 Å². The molecule has 1 aromatic carbocycles. The standard InChI is InChI=1S/C14H18O3/c1-9(10-2-3-10)14(15)11-4-5-12-13(8-11)17-7-6-16-12/h4-5,8-10,14-15H,2-3,6-7H2,1H3. The predicted molar refractivity (Wildman–Crippen MR) is 64.3 cm³/mol. The first-order valence-electron chi connectivity index (χ1n) is 6.33. The Hall–Kier alpha value is -1.22. The van der Waals surface area contributed by atoms with Gasteiger partial charge in [-0.3, -0.25) is 0 Å². The molecule has 1 heterocycles. The summed E-state index contributed by atoms with van der Waals surface area (Å²) in [5.74, 6) is 2.57. The van der Waals surface area contributed by atoms with Crippen LogP contribution in [0.4, 0.5) is 0 Å². The lowest BCUT2D eigenvalue weighted by Crippen LogP contribution is -2.16. The van der Waals surface area contributed by atoms with Crippen molar-refractivity contribution in [3.8, 4) is 11.5 Å². The second-order valence-corrected chi connectivity index (χ2v) is 5.04. The average Bonchev–Trinajstić information content (AvgIpc) is 3.21. The van der Waals surface area contributed by atoms with E-state index in [1.165, 1.54) is 12.8 Å². The largest absolute Gasteiger partial charge is 0.486 e. The number of aliphatic hydroxyl groups excluding tert-OH is 1. The molecule has 17 heavy (non-hydrogen) atoms. The lowest BCUT2D eigenvalue weighted by molar-refractivity contribution is 0.104. The van der Waals surface area contributed by atoms with Crippen molar-refractivity contribution < 1.29 is 14.6 Å². The molecule has 1 N–H and O–H groups in total. The number of aliphatic hydroxyl groups is 1. The Morgan fingerprint density at radius 1 is 1.18 bits per heavy atom. The smallest absolute Gasteiger partial charge is 0.161 e. The van der Waals surface area contributed by atoms with Gasteiger partial charge in [0.05, 0.1) is 6.10 Å². The van der Waals surface area contributed by atoms with E-state index in [4.69, 9.17) is 9.47 Å². The highest BCUT2D eigenvalue weighted by Crippen LogP contribution is 2.43. The van der Waals surface area contributed by atoms with Gasteiger partial charge in [-0.05, 0) is 42.4 Å². The van der Waals surface area contributed by atoms with Crippen molar-refractivity contribution >= 4 is 0 Å². The molecule has 2 aliphatic rings. The lowest BCUT2D eigenvalue weighted by Gasteiger charge is -2.22. The first-order valence-corrected chi connectivity index (χ1v) is 6.33. The molecule has 0 bridgehead atoms. The zero-order valence-electron chi connectivity index (χ0n) is 10.1. The summed E-state index contributed by atoms with van der Waals surface area (Å²) in [4.78, 5) is 0. The molecular formula is C14H18O3. The fourth-order valence-electron chi connectivity index (χ4n) is 2.43. The van der Waals surface area contributed by atoms with Crippen molar-refractivity contribution in [1.29, 1.82) is 0 Å². The molecule has 2 atom stereocenters. The van der Waals surface area contributed by atoms with Crippen LogP contribution in [0.15, 0.2) is 18.2 Å². The van der Waals surface area contributed by atoms with Gasteiger partial charge in [0.1, 0.15) is 13.2 Å². The van der Waals surface area contributed by atoms with Gasteiger partial charge in [-0.2, -0.15) is 0 Å². The van der Waals surface area contributed by atoms with E-state index < -0.39 is 6.10 Å². The maximum Gasteiger partial charge on any atom is 0.161 e.